The van der Waals surface area contributed by atoms with Crippen LogP contribution in [0.3, 0.4) is 0 Å². The van der Waals surface area contributed by atoms with Gasteiger partial charge < -0.3 is 5.73 Å². The number of benzene rings is 1. The van der Waals surface area contributed by atoms with Crippen LogP contribution in [0.1, 0.15) is 5.69 Å². The molecule has 0 aliphatic rings. The lowest BCUT2D eigenvalue weighted by atomic mass is 10.2. The molecule has 0 saturated carbocycles. The van der Waals surface area contributed by atoms with Gasteiger partial charge in [0.2, 0.25) is 0 Å². The van der Waals surface area contributed by atoms with Crippen molar-refractivity contribution in [3.05, 3.63) is 23.9 Å². The van der Waals surface area contributed by atoms with Gasteiger partial charge in [0.1, 0.15) is 5.52 Å². The maximum absolute atomic E-state index is 5.74. The van der Waals surface area contributed by atoms with Crippen LogP contribution in [0.15, 0.2) is 18.2 Å². The van der Waals surface area contributed by atoms with Gasteiger partial charge in [-0.1, -0.05) is 34.7 Å². The minimum atomic E-state index is 0.736. The molecular formula is C8H8IN3. The van der Waals surface area contributed by atoms with Gasteiger partial charge in [0.15, 0.2) is 0 Å². The first-order valence-electron chi connectivity index (χ1n) is 3.60. The maximum atomic E-state index is 5.74. The number of hydrogen-bond acceptors (Lipinski definition) is 2. The largest absolute Gasteiger partial charge is 0.397 e. The van der Waals surface area contributed by atoms with Crippen molar-refractivity contribution < 1.29 is 0 Å². The predicted octanol–water partition coefficient (Wildman–Crippen LogP) is 2.08. The minimum absolute atomic E-state index is 0.736. The van der Waals surface area contributed by atoms with E-state index in [9.17, 15) is 0 Å². The van der Waals surface area contributed by atoms with Crippen LogP contribution < -0.4 is 5.73 Å². The van der Waals surface area contributed by atoms with Crippen molar-refractivity contribution in [1.82, 2.24) is 10.2 Å². The van der Waals surface area contributed by atoms with E-state index in [1.807, 2.05) is 18.2 Å². The highest BCUT2D eigenvalue weighted by atomic mass is 127. The fourth-order valence-electron chi connectivity index (χ4n) is 1.22. The quantitative estimate of drug-likeness (QED) is 0.475. The Labute approximate surface area is 83.5 Å². The van der Waals surface area contributed by atoms with Crippen LogP contribution in [0.5, 0.6) is 0 Å². The number of rotatable bonds is 1. The van der Waals surface area contributed by atoms with Crippen molar-refractivity contribution in [2.45, 2.75) is 4.43 Å². The Morgan fingerprint density at radius 2 is 2.33 bits per heavy atom. The SMILES string of the molecule is Nc1cccc2c(CI)[nH]nc12. The highest BCUT2D eigenvalue weighted by Gasteiger charge is 2.04. The molecule has 0 saturated heterocycles. The average molecular weight is 273 g/mol. The summed E-state index contributed by atoms with van der Waals surface area (Å²) in [5.41, 5.74) is 8.49. The van der Waals surface area contributed by atoms with Crippen molar-refractivity contribution in [3.8, 4) is 0 Å². The van der Waals surface area contributed by atoms with E-state index in [0.29, 0.717) is 0 Å². The Hall–Kier alpha value is -0.780. The van der Waals surface area contributed by atoms with E-state index < -0.39 is 0 Å². The molecule has 0 radical (unpaired) electrons. The molecule has 1 aromatic heterocycles. The number of para-hydroxylation sites is 1. The van der Waals surface area contributed by atoms with E-state index in [2.05, 4.69) is 32.8 Å². The first-order chi connectivity index (χ1) is 5.83. The summed E-state index contributed by atoms with van der Waals surface area (Å²) in [6.45, 7) is 0. The Morgan fingerprint density at radius 1 is 1.50 bits per heavy atom. The number of nitrogens with two attached hydrogens (primary N) is 1. The highest BCUT2D eigenvalue weighted by Crippen LogP contribution is 2.22. The second-order valence-electron chi connectivity index (χ2n) is 2.58. The van der Waals surface area contributed by atoms with Crippen LogP contribution >= 0.6 is 22.6 Å². The second kappa shape index (κ2) is 2.93. The van der Waals surface area contributed by atoms with Gasteiger partial charge in [0, 0.05) is 9.81 Å². The zero-order valence-electron chi connectivity index (χ0n) is 6.34. The van der Waals surface area contributed by atoms with E-state index in [-0.39, 0.29) is 0 Å². The molecule has 0 fully saturated rings. The topological polar surface area (TPSA) is 54.7 Å². The monoisotopic (exact) mass is 273 g/mol. The van der Waals surface area contributed by atoms with Gasteiger partial charge in [0.25, 0.3) is 0 Å². The molecule has 1 aromatic carbocycles. The number of hydrogen-bond donors (Lipinski definition) is 2. The van der Waals surface area contributed by atoms with E-state index in [0.717, 1.165) is 26.7 Å². The van der Waals surface area contributed by atoms with Gasteiger partial charge >= 0.3 is 0 Å². The molecule has 2 rings (SSSR count). The number of nitrogen functional groups attached to an aromatic ring is 1. The first-order valence-corrected chi connectivity index (χ1v) is 5.13. The van der Waals surface area contributed by atoms with Crippen LogP contribution in [0, 0.1) is 0 Å². The standard InChI is InChI=1S/C8H8IN3/c9-4-7-5-2-1-3-6(10)8(5)12-11-7/h1-3H,4,10H2,(H,11,12). The highest BCUT2D eigenvalue weighted by molar-refractivity contribution is 14.1. The van der Waals surface area contributed by atoms with Gasteiger partial charge in [-0.2, -0.15) is 5.10 Å². The number of H-pyrrole nitrogens is 1. The summed E-state index contributed by atoms with van der Waals surface area (Å²) >= 11 is 2.30. The lowest BCUT2D eigenvalue weighted by molar-refractivity contribution is 1.07. The number of nitrogens with zero attached hydrogens (tertiary/aromatic N) is 1. The van der Waals surface area contributed by atoms with Crippen LogP contribution in [-0.2, 0) is 4.43 Å². The van der Waals surface area contributed by atoms with Crippen molar-refractivity contribution >= 4 is 39.2 Å². The molecular weight excluding hydrogens is 265 g/mol. The van der Waals surface area contributed by atoms with Gasteiger partial charge in [0.05, 0.1) is 11.4 Å². The Balaban J connectivity index is 2.80. The first kappa shape index (κ1) is 7.85. The smallest absolute Gasteiger partial charge is 0.115 e. The van der Waals surface area contributed by atoms with E-state index in [1.165, 1.54) is 0 Å². The van der Waals surface area contributed by atoms with Crippen LogP contribution in [0.25, 0.3) is 10.9 Å². The summed E-state index contributed by atoms with van der Waals surface area (Å²) in [5, 5.41) is 8.23. The lowest BCUT2D eigenvalue weighted by Crippen LogP contribution is -1.84. The number of fused-ring (bicyclic) bond motifs is 1. The number of nitrogens with one attached hydrogen (secondary N) is 1. The van der Waals surface area contributed by atoms with E-state index >= 15 is 0 Å². The maximum Gasteiger partial charge on any atom is 0.115 e. The molecule has 2 aromatic rings. The fraction of sp³-hybridized carbons (Fsp3) is 0.125. The van der Waals surface area contributed by atoms with Crippen LogP contribution in [0.4, 0.5) is 5.69 Å². The summed E-state index contributed by atoms with van der Waals surface area (Å²) < 4.78 is 0.928. The number of alkyl halides is 1. The van der Waals surface area contributed by atoms with Crippen molar-refractivity contribution in [2.75, 3.05) is 5.73 Å². The Kier molecular flexibility index (Phi) is 1.92. The third-order valence-corrected chi connectivity index (χ3v) is 2.59. The lowest BCUT2D eigenvalue weighted by Gasteiger charge is -1.93. The molecule has 1 heterocycles. The molecule has 0 unspecified atom stereocenters. The van der Waals surface area contributed by atoms with Gasteiger partial charge in [-0.3, -0.25) is 5.10 Å². The molecule has 0 atom stereocenters. The predicted molar refractivity (Wildman–Crippen MR) is 58.2 cm³/mol. The summed E-state index contributed by atoms with van der Waals surface area (Å²) in [7, 11) is 0. The van der Waals surface area contributed by atoms with E-state index in [1.54, 1.807) is 0 Å². The van der Waals surface area contributed by atoms with Crippen molar-refractivity contribution in [3.63, 3.8) is 0 Å². The number of anilines is 1. The third kappa shape index (κ3) is 1.06. The second-order valence-corrected chi connectivity index (χ2v) is 3.34. The van der Waals surface area contributed by atoms with Crippen molar-refractivity contribution in [1.29, 1.82) is 0 Å². The molecule has 0 aliphatic carbocycles. The van der Waals surface area contributed by atoms with Gasteiger partial charge in [-0.25, -0.2) is 0 Å². The molecule has 62 valence electrons. The summed E-state index contributed by atoms with van der Waals surface area (Å²) in [6, 6.07) is 5.84. The molecule has 3 N–H and O–H groups in total. The molecule has 0 aliphatic heterocycles. The minimum Gasteiger partial charge on any atom is -0.397 e. The molecule has 12 heavy (non-hydrogen) atoms. The van der Waals surface area contributed by atoms with Gasteiger partial charge in [-0.15, -0.1) is 0 Å². The average Bonchev–Trinajstić information content (AvgIpc) is 2.49. The normalized spacial score (nSPS) is 10.8. The van der Waals surface area contributed by atoms with Crippen molar-refractivity contribution in [2.24, 2.45) is 0 Å². The van der Waals surface area contributed by atoms with Crippen LogP contribution in [-0.4, -0.2) is 10.2 Å². The van der Waals surface area contributed by atoms with Crippen LogP contribution in [0.2, 0.25) is 0 Å². The Bertz CT molecular complexity index is 408. The summed E-state index contributed by atoms with van der Waals surface area (Å²) in [4.78, 5) is 0. The zero-order valence-corrected chi connectivity index (χ0v) is 8.50. The summed E-state index contributed by atoms with van der Waals surface area (Å²) in [5.74, 6) is 0. The third-order valence-electron chi connectivity index (χ3n) is 1.83. The Morgan fingerprint density at radius 3 is 3.08 bits per heavy atom. The number of aromatic amines is 1. The molecule has 4 heteroatoms. The molecule has 0 amide bonds. The summed E-state index contributed by atoms with van der Waals surface area (Å²) in [6.07, 6.45) is 0. The fourth-order valence-corrected chi connectivity index (χ4v) is 1.80. The zero-order chi connectivity index (χ0) is 8.55. The van der Waals surface area contributed by atoms with E-state index in [4.69, 9.17) is 5.73 Å². The number of aromatic nitrogens is 2. The van der Waals surface area contributed by atoms with Gasteiger partial charge in [-0.05, 0) is 6.07 Å². The number of halogens is 1. The molecule has 0 bridgehead atoms. The molecule has 0 spiro atoms. The molecule has 3 nitrogen and oxygen atoms in total.